The van der Waals surface area contributed by atoms with Crippen LogP contribution in [0.2, 0.25) is 0 Å². The molecule has 2 fully saturated rings. The third-order valence-electron chi connectivity index (χ3n) is 6.27. The average molecular weight is 499 g/mol. The van der Waals surface area contributed by atoms with Gasteiger partial charge in [0.1, 0.15) is 11.8 Å². The summed E-state index contributed by atoms with van der Waals surface area (Å²) < 4.78 is 39.2. The largest absolute Gasteiger partial charge is 0.471 e. The SMILES string of the molecule is N=C(N)N1CCCC(NC(=O)CN2CCC[C@](Cc3ccccc3)(NC(=O)C(F)(F)F)C2=O)C1O. The number of nitrogens with one attached hydrogen (secondary N) is 3. The van der Waals surface area contributed by atoms with Gasteiger partial charge in [-0.15, -0.1) is 0 Å². The van der Waals surface area contributed by atoms with Crippen molar-refractivity contribution in [2.45, 2.75) is 56.1 Å². The predicted octanol–water partition coefficient (Wildman–Crippen LogP) is 0.0613. The number of alkyl halides is 3. The average Bonchev–Trinajstić information content (AvgIpc) is 2.78. The van der Waals surface area contributed by atoms with Crippen LogP contribution < -0.4 is 16.4 Å². The number of nitrogens with two attached hydrogens (primary N) is 1. The number of piperidine rings is 2. The highest BCUT2D eigenvalue weighted by Crippen LogP contribution is 2.29. The molecule has 3 amide bonds. The van der Waals surface area contributed by atoms with Gasteiger partial charge in [0.05, 0.1) is 12.6 Å². The van der Waals surface area contributed by atoms with E-state index in [9.17, 15) is 32.7 Å². The molecule has 2 aliphatic rings. The van der Waals surface area contributed by atoms with Gasteiger partial charge >= 0.3 is 12.1 Å². The van der Waals surface area contributed by atoms with E-state index in [4.69, 9.17) is 11.1 Å². The van der Waals surface area contributed by atoms with Gasteiger partial charge in [-0.3, -0.25) is 19.8 Å². The van der Waals surface area contributed by atoms with Crippen molar-refractivity contribution in [2.75, 3.05) is 19.6 Å². The van der Waals surface area contributed by atoms with Gasteiger partial charge in [0, 0.05) is 19.5 Å². The number of amides is 3. The third kappa shape index (κ3) is 6.21. The molecule has 6 N–H and O–H groups in total. The van der Waals surface area contributed by atoms with E-state index < -0.39 is 48.3 Å². The number of hydrogen-bond acceptors (Lipinski definition) is 5. The summed E-state index contributed by atoms with van der Waals surface area (Å²) in [6.07, 6.45) is -5.32. The van der Waals surface area contributed by atoms with Gasteiger partial charge in [0.2, 0.25) is 11.8 Å². The van der Waals surface area contributed by atoms with E-state index >= 15 is 0 Å². The Labute approximate surface area is 200 Å². The van der Waals surface area contributed by atoms with E-state index in [2.05, 4.69) is 5.32 Å². The molecule has 3 rings (SSSR count). The maximum atomic E-state index is 13.4. The van der Waals surface area contributed by atoms with E-state index in [0.717, 1.165) is 4.90 Å². The lowest BCUT2D eigenvalue weighted by atomic mass is 9.82. The second-order valence-corrected chi connectivity index (χ2v) is 8.84. The fourth-order valence-corrected chi connectivity index (χ4v) is 4.61. The first-order valence-corrected chi connectivity index (χ1v) is 11.2. The number of carbonyl (C=O) groups excluding carboxylic acids is 3. The van der Waals surface area contributed by atoms with E-state index in [0.29, 0.717) is 24.9 Å². The molecule has 3 atom stereocenters. The Morgan fingerprint density at radius 2 is 1.89 bits per heavy atom. The smallest absolute Gasteiger partial charge is 0.371 e. The van der Waals surface area contributed by atoms with Crippen molar-refractivity contribution in [3.8, 4) is 0 Å². The highest BCUT2D eigenvalue weighted by molar-refractivity contribution is 5.95. The molecular weight excluding hydrogens is 469 g/mol. The lowest BCUT2D eigenvalue weighted by Gasteiger charge is -2.42. The van der Waals surface area contributed by atoms with Crippen LogP contribution in [0, 0.1) is 5.41 Å². The molecule has 2 saturated heterocycles. The summed E-state index contributed by atoms with van der Waals surface area (Å²) in [7, 11) is 0. The summed E-state index contributed by atoms with van der Waals surface area (Å²) in [5.74, 6) is -3.96. The van der Waals surface area contributed by atoms with Crippen LogP contribution >= 0.6 is 0 Å². The highest BCUT2D eigenvalue weighted by atomic mass is 19.4. The van der Waals surface area contributed by atoms with Crippen LogP contribution in [0.25, 0.3) is 0 Å². The molecule has 0 aromatic heterocycles. The molecule has 2 unspecified atom stereocenters. The van der Waals surface area contributed by atoms with Gasteiger partial charge in [-0.05, 0) is 31.2 Å². The zero-order chi connectivity index (χ0) is 25.8. The number of halogens is 3. The number of hydrogen-bond donors (Lipinski definition) is 5. The minimum absolute atomic E-state index is 0.0183. The van der Waals surface area contributed by atoms with Crippen molar-refractivity contribution in [3.05, 3.63) is 35.9 Å². The Kier molecular flexibility index (Phi) is 7.88. The number of carbonyl (C=O) groups is 3. The standard InChI is InChI=1S/C22H29F3N6O4/c23-22(24,25)18(34)29-21(12-14-6-2-1-3-7-14)9-5-10-30(19(21)35)13-16(32)28-15-8-4-11-31(17(15)33)20(26)27/h1-3,6-7,15,17,33H,4-5,8-13H2,(H3,26,27)(H,28,32)(H,29,34)/t15?,17?,21-/m1/s1. The third-order valence-corrected chi connectivity index (χ3v) is 6.27. The maximum Gasteiger partial charge on any atom is 0.471 e. The van der Waals surface area contributed by atoms with Crippen molar-refractivity contribution in [3.63, 3.8) is 0 Å². The zero-order valence-electron chi connectivity index (χ0n) is 19.0. The molecule has 0 radical (unpaired) electrons. The Balaban J connectivity index is 1.75. The van der Waals surface area contributed by atoms with Crippen molar-refractivity contribution in [1.82, 2.24) is 20.4 Å². The van der Waals surface area contributed by atoms with E-state index in [1.165, 1.54) is 4.90 Å². The summed E-state index contributed by atoms with van der Waals surface area (Å²) in [6.45, 7) is 0.0203. The molecule has 192 valence electrons. The fourth-order valence-electron chi connectivity index (χ4n) is 4.61. The van der Waals surface area contributed by atoms with Crippen LogP contribution in [0.15, 0.2) is 30.3 Å². The molecule has 0 aliphatic carbocycles. The first-order chi connectivity index (χ1) is 16.4. The number of aliphatic hydroxyl groups excluding tert-OH is 1. The molecule has 13 heteroatoms. The summed E-state index contributed by atoms with van der Waals surface area (Å²) >= 11 is 0. The van der Waals surface area contributed by atoms with Crippen LogP contribution in [0.1, 0.15) is 31.2 Å². The molecule has 35 heavy (non-hydrogen) atoms. The Morgan fingerprint density at radius 3 is 2.51 bits per heavy atom. The van der Waals surface area contributed by atoms with E-state index in [1.807, 2.05) is 5.32 Å². The lowest BCUT2D eigenvalue weighted by molar-refractivity contribution is -0.178. The predicted molar refractivity (Wildman–Crippen MR) is 119 cm³/mol. The molecule has 0 bridgehead atoms. The first kappa shape index (κ1) is 26.3. The zero-order valence-corrected chi connectivity index (χ0v) is 19.0. The van der Waals surface area contributed by atoms with Crippen molar-refractivity contribution < 1.29 is 32.7 Å². The number of rotatable bonds is 6. The lowest BCUT2D eigenvalue weighted by Crippen LogP contribution is -2.66. The van der Waals surface area contributed by atoms with Crippen LogP contribution in [0.3, 0.4) is 0 Å². The summed E-state index contributed by atoms with van der Waals surface area (Å²) in [5, 5.41) is 22.4. The highest BCUT2D eigenvalue weighted by Gasteiger charge is 2.50. The van der Waals surface area contributed by atoms with Gasteiger partial charge in [-0.25, -0.2) is 0 Å². The number of benzene rings is 1. The Morgan fingerprint density at radius 1 is 1.20 bits per heavy atom. The van der Waals surface area contributed by atoms with Gasteiger partial charge < -0.3 is 31.3 Å². The van der Waals surface area contributed by atoms with Gasteiger partial charge in [-0.2, -0.15) is 13.2 Å². The van der Waals surface area contributed by atoms with Crippen molar-refractivity contribution >= 4 is 23.7 Å². The van der Waals surface area contributed by atoms with Gasteiger partial charge in [-0.1, -0.05) is 30.3 Å². The molecular formula is C22H29F3N6O4. The molecule has 0 saturated carbocycles. The topological polar surface area (TPSA) is 152 Å². The molecule has 1 aromatic carbocycles. The molecule has 2 heterocycles. The van der Waals surface area contributed by atoms with Crippen LogP contribution in [-0.4, -0.2) is 82.2 Å². The van der Waals surface area contributed by atoms with Crippen LogP contribution in [0.4, 0.5) is 13.2 Å². The minimum Gasteiger partial charge on any atom is -0.371 e. The number of aliphatic hydroxyl groups is 1. The summed E-state index contributed by atoms with van der Waals surface area (Å²) in [4.78, 5) is 40.3. The van der Waals surface area contributed by atoms with Gasteiger partial charge in [0.25, 0.3) is 0 Å². The maximum absolute atomic E-state index is 13.4. The number of nitrogens with zero attached hydrogens (tertiary/aromatic N) is 2. The Hall–Kier alpha value is -3.35. The van der Waals surface area contributed by atoms with Crippen molar-refractivity contribution in [1.29, 1.82) is 5.41 Å². The second-order valence-electron chi connectivity index (χ2n) is 8.84. The van der Waals surface area contributed by atoms with Gasteiger partial charge in [0.15, 0.2) is 5.96 Å². The van der Waals surface area contributed by atoms with Crippen LogP contribution in [-0.2, 0) is 20.8 Å². The quantitative estimate of drug-likeness (QED) is 0.276. The fraction of sp³-hybridized carbons (Fsp3) is 0.545. The minimum atomic E-state index is -5.18. The first-order valence-electron chi connectivity index (χ1n) is 11.2. The molecule has 2 aliphatic heterocycles. The molecule has 0 spiro atoms. The van der Waals surface area contributed by atoms with Crippen molar-refractivity contribution in [2.24, 2.45) is 5.73 Å². The summed E-state index contributed by atoms with van der Waals surface area (Å²) in [5.41, 5.74) is 4.15. The Bertz CT molecular complexity index is 960. The molecule has 10 nitrogen and oxygen atoms in total. The normalized spacial score (nSPS) is 25.2. The number of guanidine groups is 1. The summed E-state index contributed by atoms with van der Waals surface area (Å²) in [6, 6.07) is 7.62. The van der Waals surface area contributed by atoms with E-state index in [-0.39, 0.29) is 31.8 Å². The van der Waals surface area contributed by atoms with Crippen LogP contribution in [0.5, 0.6) is 0 Å². The van der Waals surface area contributed by atoms with E-state index in [1.54, 1.807) is 30.3 Å². The monoisotopic (exact) mass is 498 g/mol. The second kappa shape index (κ2) is 10.5. The number of likely N-dealkylation sites (tertiary alicyclic amines) is 2. The molecule has 1 aromatic rings.